The van der Waals surface area contributed by atoms with Crippen molar-refractivity contribution in [3.05, 3.63) is 62.3 Å². The Hall–Kier alpha value is -3.20. The number of hydrogen-bond donors (Lipinski definition) is 2. The Bertz CT molecular complexity index is 978. The van der Waals surface area contributed by atoms with Crippen molar-refractivity contribution in [3.8, 4) is 0 Å². The van der Waals surface area contributed by atoms with Crippen LogP contribution in [0.1, 0.15) is 29.3 Å². The Morgan fingerprint density at radius 3 is 2.36 bits per heavy atom. The van der Waals surface area contributed by atoms with Gasteiger partial charge < -0.3 is 10.8 Å². The molecule has 0 aliphatic heterocycles. The van der Waals surface area contributed by atoms with Crippen LogP contribution in [0.3, 0.4) is 0 Å². The first kappa shape index (κ1) is 21.1. The van der Waals surface area contributed by atoms with Crippen LogP contribution >= 0.6 is 0 Å². The van der Waals surface area contributed by atoms with Crippen LogP contribution in [0.25, 0.3) is 0 Å². The molecule has 0 saturated heterocycles. The third kappa shape index (κ3) is 4.74. The minimum absolute atomic E-state index is 0.105. The van der Waals surface area contributed by atoms with Crippen molar-refractivity contribution in [1.29, 1.82) is 0 Å². The topological polar surface area (TPSA) is 128 Å². The minimum Gasteiger partial charge on any atom is -0.480 e. The molecule has 1 heterocycles. The van der Waals surface area contributed by atoms with E-state index in [2.05, 4.69) is 0 Å². The van der Waals surface area contributed by atoms with Crippen LogP contribution in [0.4, 0.5) is 5.82 Å². The summed E-state index contributed by atoms with van der Waals surface area (Å²) in [5.41, 5.74) is 5.12. The van der Waals surface area contributed by atoms with E-state index in [-0.39, 0.29) is 31.0 Å². The number of Topliss-reactive ketones (excluding diaryl/α,β-unsaturated/α-hetero) is 1. The van der Waals surface area contributed by atoms with Gasteiger partial charge in [0.05, 0.1) is 19.6 Å². The number of carbonyl (C=O) groups excluding carboxylic acids is 1. The number of benzene rings is 1. The monoisotopic (exact) mass is 388 g/mol. The van der Waals surface area contributed by atoms with Gasteiger partial charge in [0.15, 0.2) is 5.78 Å². The lowest BCUT2D eigenvalue weighted by molar-refractivity contribution is -0.138. The zero-order valence-corrected chi connectivity index (χ0v) is 15.9. The molecule has 0 spiro atoms. The minimum atomic E-state index is -1.07. The first-order valence-corrected chi connectivity index (χ1v) is 8.86. The molecular formula is C19H24N4O5. The Morgan fingerprint density at radius 2 is 1.79 bits per heavy atom. The number of rotatable bonds is 9. The quantitative estimate of drug-likeness (QED) is 0.586. The SMILES string of the molecule is CCCN(CC(=O)O)CC(=O)c1c(N)n(Cc2ccccc2)c(=O)n(C)c1=O. The maximum atomic E-state index is 12.8. The summed E-state index contributed by atoms with van der Waals surface area (Å²) in [6.07, 6.45) is 0.640. The normalized spacial score (nSPS) is 11.0. The number of aromatic nitrogens is 2. The molecular weight excluding hydrogens is 364 g/mol. The average molecular weight is 388 g/mol. The summed E-state index contributed by atoms with van der Waals surface area (Å²) in [6, 6.07) is 9.04. The molecule has 0 radical (unpaired) electrons. The van der Waals surface area contributed by atoms with Gasteiger partial charge in [-0.05, 0) is 18.5 Å². The molecule has 0 aliphatic rings. The summed E-state index contributed by atoms with van der Waals surface area (Å²) >= 11 is 0. The van der Waals surface area contributed by atoms with E-state index in [1.165, 1.54) is 16.5 Å². The molecule has 9 nitrogen and oxygen atoms in total. The highest BCUT2D eigenvalue weighted by Gasteiger charge is 2.24. The summed E-state index contributed by atoms with van der Waals surface area (Å²) < 4.78 is 2.01. The van der Waals surface area contributed by atoms with E-state index in [0.29, 0.717) is 13.0 Å². The first-order valence-electron chi connectivity index (χ1n) is 8.86. The number of nitrogens with two attached hydrogens (primary N) is 1. The summed E-state index contributed by atoms with van der Waals surface area (Å²) in [7, 11) is 1.28. The van der Waals surface area contributed by atoms with Gasteiger partial charge in [-0.25, -0.2) is 4.79 Å². The number of ketones is 1. The Balaban J connectivity index is 2.46. The van der Waals surface area contributed by atoms with Crippen LogP contribution in [0, 0.1) is 0 Å². The van der Waals surface area contributed by atoms with Crippen molar-refractivity contribution in [2.75, 3.05) is 25.4 Å². The van der Waals surface area contributed by atoms with E-state index in [9.17, 15) is 19.2 Å². The van der Waals surface area contributed by atoms with Gasteiger partial charge in [0.25, 0.3) is 5.56 Å². The number of nitrogen functional groups attached to an aromatic ring is 1. The van der Waals surface area contributed by atoms with Gasteiger partial charge in [-0.2, -0.15) is 0 Å². The fourth-order valence-electron chi connectivity index (χ4n) is 2.97. The maximum absolute atomic E-state index is 12.8. The summed E-state index contributed by atoms with van der Waals surface area (Å²) in [5, 5.41) is 9.00. The third-order valence-corrected chi connectivity index (χ3v) is 4.31. The third-order valence-electron chi connectivity index (χ3n) is 4.31. The highest BCUT2D eigenvalue weighted by molar-refractivity contribution is 6.01. The zero-order valence-electron chi connectivity index (χ0n) is 15.9. The molecule has 150 valence electrons. The van der Waals surface area contributed by atoms with E-state index < -0.39 is 23.0 Å². The number of carboxylic acid groups (broad SMARTS) is 1. The molecule has 0 amide bonds. The lowest BCUT2D eigenvalue weighted by atomic mass is 10.1. The molecule has 0 atom stereocenters. The second-order valence-corrected chi connectivity index (χ2v) is 6.51. The predicted molar refractivity (Wildman–Crippen MR) is 105 cm³/mol. The number of aliphatic carboxylic acids is 1. The van der Waals surface area contributed by atoms with Crippen LogP contribution in [0.2, 0.25) is 0 Å². The predicted octanol–water partition coefficient (Wildman–Crippen LogP) is 0.157. The number of hydrogen-bond acceptors (Lipinski definition) is 6. The molecule has 0 bridgehead atoms. The second-order valence-electron chi connectivity index (χ2n) is 6.51. The largest absolute Gasteiger partial charge is 0.480 e. The lowest BCUT2D eigenvalue weighted by Gasteiger charge is -2.20. The highest BCUT2D eigenvalue weighted by Crippen LogP contribution is 2.10. The molecule has 3 N–H and O–H groups in total. The summed E-state index contributed by atoms with van der Waals surface area (Å²) in [6.45, 7) is 1.73. The number of carboxylic acids is 1. The Morgan fingerprint density at radius 1 is 1.14 bits per heavy atom. The van der Waals surface area contributed by atoms with Gasteiger partial charge in [-0.1, -0.05) is 37.3 Å². The van der Waals surface area contributed by atoms with Gasteiger partial charge in [0.2, 0.25) is 0 Å². The Labute approximate surface area is 161 Å². The number of nitrogens with zero attached hydrogens (tertiary/aromatic N) is 3. The van der Waals surface area contributed by atoms with Crippen LogP contribution in [-0.2, 0) is 18.4 Å². The standard InChI is InChI=1S/C19H24N4O5/c1-3-9-22(12-15(25)26)11-14(24)16-17(20)23(19(28)21(2)18(16)27)10-13-7-5-4-6-8-13/h4-8H,3,9-12,20H2,1-2H3,(H,25,26). The molecule has 9 heteroatoms. The molecule has 2 aromatic rings. The van der Waals surface area contributed by atoms with Gasteiger partial charge in [-0.15, -0.1) is 0 Å². The van der Waals surface area contributed by atoms with E-state index in [4.69, 9.17) is 10.8 Å². The lowest BCUT2D eigenvalue weighted by Crippen LogP contribution is -2.44. The van der Waals surface area contributed by atoms with E-state index in [1.54, 1.807) is 24.3 Å². The number of carbonyl (C=O) groups is 2. The van der Waals surface area contributed by atoms with Crippen molar-refractivity contribution in [1.82, 2.24) is 14.0 Å². The average Bonchev–Trinajstić information content (AvgIpc) is 2.64. The zero-order chi connectivity index (χ0) is 20.8. The highest BCUT2D eigenvalue weighted by atomic mass is 16.4. The molecule has 1 aromatic heterocycles. The van der Waals surface area contributed by atoms with E-state index >= 15 is 0 Å². The van der Waals surface area contributed by atoms with Crippen LogP contribution in [0.5, 0.6) is 0 Å². The van der Waals surface area contributed by atoms with Crippen LogP contribution in [0.15, 0.2) is 39.9 Å². The smallest absolute Gasteiger partial charge is 0.332 e. The second kappa shape index (κ2) is 9.14. The molecule has 28 heavy (non-hydrogen) atoms. The van der Waals surface area contributed by atoms with Crippen molar-refractivity contribution in [2.24, 2.45) is 7.05 Å². The molecule has 1 aromatic carbocycles. The van der Waals surface area contributed by atoms with Crippen molar-refractivity contribution in [3.63, 3.8) is 0 Å². The van der Waals surface area contributed by atoms with Crippen LogP contribution < -0.4 is 17.0 Å². The van der Waals surface area contributed by atoms with Gasteiger partial charge in [0.1, 0.15) is 11.4 Å². The van der Waals surface area contributed by atoms with Crippen molar-refractivity contribution < 1.29 is 14.7 Å². The van der Waals surface area contributed by atoms with Gasteiger partial charge in [0, 0.05) is 7.05 Å². The fourth-order valence-corrected chi connectivity index (χ4v) is 2.97. The molecule has 0 unspecified atom stereocenters. The molecule has 0 saturated carbocycles. The van der Waals surface area contributed by atoms with Gasteiger partial charge in [-0.3, -0.25) is 28.4 Å². The van der Waals surface area contributed by atoms with E-state index in [1.807, 2.05) is 13.0 Å². The van der Waals surface area contributed by atoms with Crippen molar-refractivity contribution in [2.45, 2.75) is 19.9 Å². The Kier molecular flexibility index (Phi) is 6.89. The molecule has 0 fully saturated rings. The summed E-state index contributed by atoms with van der Waals surface area (Å²) in [4.78, 5) is 50.2. The fraction of sp³-hybridized carbons (Fsp3) is 0.368. The van der Waals surface area contributed by atoms with Crippen LogP contribution in [-0.4, -0.2) is 50.5 Å². The molecule has 2 rings (SSSR count). The first-order chi connectivity index (χ1) is 13.3. The molecule has 0 aliphatic carbocycles. The maximum Gasteiger partial charge on any atom is 0.332 e. The van der Waals surface area contributed by atoms with Crippen molar-refractivity contribution >= 4 is 17.6 Å². The van der Waals surface area contributed by atoms with E-state index in [0.717, 1.165) is 10.1 Å². The summed E-state index contributed by atoms with van der Waals surface area (Å²) in [5.74, 6) is -1.90. The number of anilines is 1. The van der Waals surface area contributed by atoms with Gasteiger partial charge >= 0.3 is 11.7 Å².